The van der Waals surface area contributed by atoms with Crippen LogP contribution in [-0.2, 0) is 9.47 Å². The van der Waals surface area contributed by atoms with E-state index in [0.717, 1.165) is 29.5 Å². The minimum Gasteiger partial charge on any atom is -0.463 e. The van der Waals surface area contributed by atoms with Crippen LogP contribution in [-0.4, -0.2) is 49.5 Å². The quantitative estimate of drug-likeness (QED) is 0.296. The number of ether oxygens (including phenoxy) is 2. The van der Waals surface area contributed by atoms with Gasteiger partial charge in [0.1, 0.15) is 6.10 Å². The molecule has 0 amide bonds. The lowest BCUT2D eigenvalue weighted by Gasteiger charge is -2.30. The zero-order valence-corrected chi connectivity index (χ0v) is 13.0. The number of allylic oxidation sites excluding steroid dienone is 3. The number of nitrogens with one attached hydrogen (secondary N) is 1. The summed E-state index contributed by atoms with van der Waals surface area (Å²) in [6.07, 6.45) is 3.81. The molecule has 0 unspecified atom stereocenters. The molecule has 9 heteroatoms. The van der Waals surface area contributed by atoms with Crippen molar-refractivity contribution in [2.75, 3.05) is 6.61 Å². The fourth-order valence-corrected chi connectivity index (χ4v) is 2.31. The predicted octanol–water partition coefficient (Wildman–Crippen LogP) is -1.03. The molecular formula is C15H20N2O7. The number of aromatic amines is 1. The summed E-state index contributed by atoms with van der Waals surface area (Å²) in [5.74, 6) is -2.33. The van der Waals surface area contributed by atoms with Crippen molar-refractivity contribution in [1.29, 1.82) is 0 Å². The Kier molecular flexibility index (Phi) is 5.73. The van der Waals surface area contributed by atoms with Gasteiger partial charge in [-0.05, 0) is 12.5 Å². The maximum Gasteiger partial charge on any atom is 0.330 e. The van der Waals surface area contributed by atoms with Gasteiger partial charge in [0.15, 0.2) is 6.10 Å². The van der Waals surface area contributed by atoms with Crippen molar-refractivity contribution in [1.82, 2.24) is 9.55 Å². The molecular weight excluding hydrogens is 320 g/mol. The van der Waals surface area contributed by atoms with Gasteiger partial charge in [-0.2, -0.15) is 0 Å². The number of aliphatic hydroxyl groups excluding tert-OH is 2. The van der Waals surface area contributed by atoms with Crippen LogP contribution in [0, 0.1) is 0 Å². The van der Waals surface area contributed by atoms with E-state index in [4.69, 9.17) is 9.47 Å². The Morgan fingerprint density at radius 1 is 1.46 bits per heavy atom. The van der Waals surface area contributed by atoms with Gasteiger partial charge in [0, 0.05) is 12.3 Å². The first kappa shape index (κ1) is 18.1. The van der Waals surface area contributed by atoms with Crippen LogP contribution in [0.5, 0.6) is 0 Å². The summed E-state index contributed by atoms with van der Waals surface area (Å²) >= 11 is 0. The molecule has 0 spiro atoms. The second-order valence-electron chi connectivity index (χ2n) is 5.21. The van der Waals surface area contributed by atoms with E-state index in [2.05, 4.69) is 0 Å². The molecule has 0 radical (unpaired) electrons. The van der Waals surface area contributed by atoms with Crippen molar-refractivity contribution in [2.24, 2.45) is 0 Å². The van der Waals surface area contributed by atoms with Gasteiger partial charge in [0.25, 0.3) is 11.3 Å². The maximum atomic E-state index is 11.9. The van der Waals surface area contributed by atoms with Gasteiger partial charge < -0.3 is 24.8 Å². The Morgan fingerprint density at radius 2 is 2.21 bits per heavy atom. The molecule has 4 atom stereocenters. The van der Waals surface area contributed by atoms with Gasteiger partial charge in [0.2, 0.25) is 6.23 Å². The monoisotopic (exact) mass is 340 g/mol. The normalized spacial score (nSPS) is 30.4. The molecule has 9 nitrogen and oxygen atoms in total. The lowest BCUT2D eigenvalue weighted by molar-refractivity contribution is -0.252. The molecule has 24 heavy (non-hydrogen) atoms. The van der Waals surface area contributed by atoms with Crippen molar-refractivity contribution in [3.63, 3.8) is 0 Å². The number of nitrogens with zero attached hydrogens (tertiary/aromatic N) is 1. The largest absolute Gasteiger partial charge is 0.463 e. The van der Waals surface area contributed by atoms with E-state index in [-0.39, 0.29) is 0 Å². The third-order valence-corrected chi connectivity index (χ3v) is 3.54. The minimum atomic E-state index is -2.33. The fraction of sp³-hybridized carbons (Fsp3) is 0.467. The molecule has 1 aromatic rings. The van der Waals surface area contributed by atoms with Crippen molar-refractivity contribution >= 4 is 0 Å². The van der Waals surface area contributed by atoms with Crippen molar-refractivity contribution in [3.05, 3.63) is 57.6 Å². The summed E-state index contributed by atoms with van der Waals surface area (Å²) in [6, 6.07) is 1.06. The van der Waals surface area contributed by atoms with E-state index in [1.807, 2.05) is 18.0 Å². The maximum absolute atomic E-state index is 11.9. The van der Waals surface area contributed by atoms with E-state index < -0.39 is 42.1 Å². The molecule has 0 saturated carbocycles. The number of hydrogen-bond donors (Lipinski definition) is 4. The second-order valence-corrected chi connectivity index (χ2v) is 5.21. The fourth-order valence-electron chi connectivity index (χ4n) is 2.31. The van der Waals surface area contributed by atoms with Crippen LogP contribution in [0.25, 0.3) is 0 Å². The number of rotatable bonds is 6. The summed E-state index contributed by atoms with van der Waals surface area (Å²) in [5.41, 5.74) is -1.47. The van der Waals surface area contributed by atoms with E-state index in [1.54, 1.807) is 6.08 Å². The third-order valence-electron chi connectivity index (χ3n) is 3.54. The molecule has 0 aliphatic carbocycles. The average molecular weight is 340 g/mol. The molecule has 2 heterocycles. The SMILES string of the molecule is CCC=CC=CO[C@@]1(O)[C@H](O)[C@@H](CO)O[C@H]1n1ccc(=O)[nH]c1=O. The summed E-state index contributed by atoms with van der Waals surface area (Å²) in [6.45, 7) is 1.35. The lowest BCUT2D eigenvalue weighted by atomic mass is 10.1. The summed E-state index contributed by atoms with van der Waals surface area (Å²) < 4.78 is 11.4. The van der Waals surface area contributed by atoms with Crippen molar-refractivity contribution in [3.8, 4) is 0 Å². The number of aliphatic hydroxyl groups is 3. The van der Waals surface area contributed by atoms with E-state index >= 15 is 0 Å². The van der Waals surface area contributed by atoms with Crippen LogP contribution < -0.4 is 11.2 Å². The average Bonchev–Trinajstić information content (AvgIpc) is 2.79. The van der Waals surface area contributed by atoms with E-state index in [9.17, 15) is 24.9 Å². The van der Waals surface area contributed by atoms with Crippen LogP contribution in [0.2, 0.25) is 0 Å². The van der Waals surface area contributed by atoms with Crippen molar-refractivity contribution < 1.29 is 24.8 Å². The van der Waals surface area contributed by atoms with Crippen LogP contribution in [0.3, 0.4) is 0 Å². The zero-order valence-electron chi connectivity index (χ0n) is 13.0. The Hall–Kier alpha value is -2.20. The highest BCUT2D eigenvalue weighted by Crippen LogP contribution is 2.38. The zero-order chi connectivity index (χ0) is 17.7. The molecule has 2 rings (SSSR count). The predicted molar refractivity (Wildman–Crippen MR) is 82.9 cm³/mol. The Balaban J connectivity index is 2.35. The second kappa shape index (κ2) is 7.58. The van der Waals surface area contributed by atoms with Crippen LogP contribution in [0.1, 0.15) is 19.6 Å². The highest BCUT2D eigenvalue weighted by molar-refractivity contribution is 5.03. The summed E-state index contributed by atoms with van der Waals surface area (Å²) in [7, 11) is 0. The van der Waals surface area contributed by atoms with Gasteiger partial charge in [-0.25, -0.2) is 4.79 Å². The van der Waals surface area contributed by atoms with Gasteiger partial charge in [-0.1, -0.05) is 19.1 Å². The lowest BCUT2D eigenvalue weighted by Crippen LogP contribution is -2.50. The summed E-state index contributed by atoms with van der Waals surface area (Å²) in [5, 5.41) is 30.1. The highest BCUT2D eigenvalue weighted by Gasteiger charge is 2.58. The highest BCUT2D eigenvalue weighted by atomic mass is 16.7. The van der Waals surface area contributed by atoms with Crippen LogP contribution in [0.15, 0.2) is 46.3 Å². The Morgan fingerprint density at radius 3 is 2.83 bits per heavy atom. The Labute approximate surface area is 137 Å². The molecule has 1 saturated heterocycles. The summed E-state index contributed by atoms with van der Waals surface area (Å²) in [4.78, 5) is 25.1. The van der Waals surface area contributed by atoms with Crippen LogP contribution in [0.4, 0.5) is 0 Å². The molecule has 4 N–H and O–H groups in total. The topological polar surface area (TPSA) is 134 Å². The first-order chi connectivity index (χ1) is 11.4. The Bertz CT molecular complexity index is 723. The van der Waals surface area contributed by atoms with Crippen molar-refractivity contribution in [2.45, 2.75) is 37.6 Å². The number of hydrogen-bond acceptors (Lipinski definition) is 7. The number of H-pyrrole nitrogens is 1. The molecule has 1 aliphatic heterocycles. The van der Waals surface area contributed by atoms with E-state index in [1.165, 1.54) is 6.08 Å². The standard InChI is InChI=1S/C15H20N2O7/c1-2-3-4-5-8-23-15(22)12(20)10(9-18)24-13(15)17-7-6-11(19)16-14(17)21/h3-8,10,12-13,18,20,22H,2,9H2,1H3,(H,16,19,21)/t10-,12-,13-,15+/m1/s1. The molecule has 1 aromatic heterocycles. The minimum absolute atomic E-state index is 0.596. The molecule has 0 bridgehead atoms. The van der Waals surface area contributed by atoms with Gasteiger partial charge in [-0.3, -0.25) is 14.3 Å². The molecule has 0 aromatic carbocycles. The van der Waals surface area contributed by atoms with Gasteiger partial charge in [-0.15, -0.1) is 0 Å². The third kappa shape index (κ3) is 3.49. The molecule has 1 fully saturated rings. The van der Waals surface area contributed by atoms with Gasteiger partial charge in [0.05, 0.1) is 12.9 Å². The first-order valence-electron chi connectivity index (χ1n) is 7.41. The van der Waals surface area contributed by atoms with Gasteiger partial charge >= 0.3 is 5.69 Å². The molecule has 132 valence electrons. The van der Waals surface area contributed by atoms with E-state index in [0.29, 0.717) is 0 Å². The van der Waals surface area contributed by atoms with Crippen LogP contribution >= 0.6 is 0 Å². The smallest absolute Gasteiger partial charge is 0.330 e. The first-order valence-corrected chi connectivity index (χ1v) is 7.41. The number of aromatic nitrogens is 2. The molecule has 1 aliphatic rings.